The van der Waals surface area contributed by atoms with Crippen molar-refractivity contribution >= 4 is 3.32 Å². The predicted molar refractivity (Wildman–Crippen MR) is 68.3 cm³/mol. The first-order chi connectivity index (χ1) is 8.33. The van der Waals surface area contributed by atoms with Gasteiger partial charge in [0, 0.05) is 0 Å². The molecule has 0 saturated carbocycles. The van der Waals surface area contributed by atoms with Gasteiger partial charge >= 0.3 is 118 Å². The Labute approximate surface area is 118 Å². The van der Waals surface area contributed by atoms with Crippen molar-refractivity contribution in [3.05, 3.63) is 53.6 Å². The molecule has 0 aliphatic heterocycles. The fraction of sp³-hybridized carbons (Fsp3) is 0.250. The molecule has 3 rings (SSSR count). The molecule has 1 heteroatoms. The molecule has 0 bridgehead atoms. The Morgan fingerprint density at radius 3 is 2.59 bits per heavy atom. The van der Waals surface area contributed by atoms with Gasteiger partial charge in [-0.3, -0.25) is 0 Å². The van der Waals surface area contributed by atoms with Crippen LogP contribution in [0.5, 0.6) is 0 Å². The van der Waals surface area contributed by atoms with Crippen LogP contribution in [0.1, 0.15) is 36.8 Å². The minimum absolute atomic E-state index is 0.653. The Morgan fingerprint density at radius 2 is 1.76 bits per heavy atom. The predicted octanol–water partition coefficient (Wildman–Crippen LogP) is 3.77. The summed E-state index contributed by atoms with van der Waals surface area (Å²) in [5, 5.41) is 0. The van der Waals surface area contributed by atoms with Gasteiger partial charge in [-0.2, -0.15) is 0 Å². The van der Waals surface area contributed by atoms with Gasteiger partial charge in [-0.15, -0.1) is 0 Å². The van der Waals surface area contributed by atoms with Crippen LogP contribution in [0, 0.1) is 0 Å². The van der Waals surface area contributed by atoms with Gasteiger partial charge in [0.15, 0.2) is 0 Å². The van der Waals surface area contributed by atoms with E-state index in [0.717, 1.165) is 24.4 Å². The Balaban J connectivity index is 2.26. The van der Waals surface area contributed by atoms with Crippen molar-refractivity contribution in [3.8, 4) is 11.1 Å². The molecule has 83 valence electrons. The normalized spacial score (nSPS) is 16.6. The van der Waals surface area contributed by atoms with Crippen LogP contribution < -0.4 is 3.32 Å². The molecule has 0 amide bonds. The second kappa shape index (κ2) is 4.53. The van der Waals surface area contributed by atoms with Gasteiger partial charge in [-0.25, -0.2) is 0 Å². The van der Waals surface area contributed by atoms with Gasteiger partial charge < -0.3 is 0 Å². The second-order valence-corrected chi connectivity index (χ2v) is 6.63. The standard InChI is InChI=1S/C16H15.Hf/c1-2-7-12-13-8-3-5-10-15(13)16-11-6-4-9-14(12)16;/h3-6,8,10-12H,2,7H2,1H3;. The SMILES string of the molecule is CCCC1c2ccccc2-c2ccc[c]([Hf])c21. The van der Waals surface area contributed by atoms with E-state index in [1.54, 1.807) is 14.4 Å². The third kappa shape index (κ3) is 1.76. The molecule has 1 atom stereocenters. The number of benzene rings is 2. The minimum atomic E-state index is 0.653. The fourth-order valence-electron chi connectivity index (χ4n) is 2.97. The van der Waals surface area contributed by atoms with E-state index in [1.165, 1.54) is 24.0 Å². The van der Waals surface area contributed by atoms with Crippen LogP contribution in [0.3, 0.4) is 0 Å². The number of hydrogen-bond acceptors (Lipinski definition) is 0. The molecule has 0 nitrogen and oxygen atoms in total. The zero-order chi connectivity index (χ0) is 11.8. The van der Waals surface area contributed by atoms with E-state index >= 15 is 0 Å². The van der Waals surface area contributed by atoms with E-state index in [4.69, 9.17) is 0 Å². The summed E-state index contributed by atoms with van der Waals surface area (Å²) in [5.74, 6) is 0.653. The van der Waals surface area contributed by atoms with Crippen LogP contribution in [0.2, 0.25) is 0 Å². The fourth-order valence-corrected chi connectivity index (χ4v) is 4.42. The molecular weight excluding hydrogens is 371 g/mol. The van der Waals surface area contributed by atoms with Gasteiger partial charge in [-0.05, 0) is 0 Å². The van der Waals surface area contributed by atoms with Gasteiger partial charge in [0.2, 0.25) is 0 Å². The molecule has 0 N–H and O–H groups in total. The van der Waals surface area contributed by atoms with E-state index in [2.05, 4.69) is 49.4 Å². The molecule has 2 aromatic rings. The maximum absolute atomic E-state index is 2.32. The molecule has 1 unspecified atom stereocenters. The Morgan fingerprint density at radius 1 is 1.00 bits per heavy atom. The first-order valence-corrected chi connectivity index (χ1v) is 8.06. The monoisotopic (exact) mass is 387 g/mol. The van der Waals surface area contributed by atoms with Crippen molar-refractivity contribution in [2.24, 2.45) is 0 Å². The summed E-state index contributed by atoms with van der Waals surface area (Å²) in [6, 6.07) is 15.8. The summed E-state index contributed by atoms with van der Waals surface area (Å²) in [6.07, 6.45) is 2.54. The van der Waals surface area contributed by atoms with E-state index in [-0.39, 0.29) is 0 Å². The van der Waals surface area contributed by atoms with Gasteiger partial charge in [0.25, 0.3) is 0 Å². The third-order valence-electron chi connectivity index (χ3n) is 3.66. The van der Waals surface area contributed by atoms with Crippen LogP contribution in [0.15, 0.2) is 42.5 Å². The molecular formula is C16H15Hf. The van der Waals surface area contributed by atoms with Crippen molar-refractivity contribution in [2.45, 2.75) is 25.7 Å². The van der Waals surface area contributed by atoms with Crippen molar-refractivity contribution in [2.75, 3.05) is 0 Å². The molecule has 0 radical (unpaired) electrons. The molecule has 1 aliphatic carbocycles. The molecule has 0 saturated heterocycles. The second-order valence-electron chi connectivity index (χ2n) is 4.70. The summed E-state index contributed by atoms with van der Waals surface area (Å²) in [6.45, 7) is 2.29. The summed E-state index contributed by atoms with van der Waals surface area (Å²) < 4.78 is 1.58. The number of rotatable bonds is 2. The van der Waals surface area contributed by atoms with Crippen LogP contribution in [0.25, 0.3) is 11.1 Å². The van der Waals surface area contributed by atoms with Crippen molar-refractivity contribution in [3.63, 3.8) is 0 Å². The Kier molecular flexibility index (Phi) is 3.04. The molecule has 0 spiro atoms. The van der Waals surface area contributed by atoms with Crippen LogP contribution >= 0.6 is 0 Å². The summed E-state index contributed by atoms with van der Waals surface area (Å²) in [4.78, 5) is 0. The zero-order valence-corrected chi connectivity index (χ0v) is 13.6. The maximum atomic E-state index is 2.32. The van der Waals surface area contributed by atoms with Crippen molar-refractivity contribution in [1.29, 1.82) is 0 Å². The van der Waals surface area contributed by atoms with Crippen LogP contribution in [-0.4, -0.2) is 0 Å². The summed E-state index contributed by atoms with van der Waals surface area (Å²) in [5.41, 5.74) is 6.14. The molecule has 0 fully saturated rings. The molecule has 2 aromatic carbocycles. The number of hydrogen-bond donors (Lipinski definition) is 0. The van der Waals surface area contributed by atoms with E-state index in [1.807, 2.05) is 0 Å². The van der Waals surface area contributed by atoms with Crippen LogP contribution in [0.4, 0.5) is 0 Å². The molecule has 0 heterocycles. The number of fused-ring (bicyclic) bond motifs is 3. The first kappa shape index (κ1) is 11.4. The topological polar surface area (TPSA) is 0 Å². The average molecular weight is 386 g/mol. The van der Waals surface area contributed by atoms with Crippen LogP contribution in [-0.2, 0) is 24.4 Å². The van der Waals surface area contributed by atoms with Gasteiger partial charge in [0.05, 0.1) is 0 Å². The average Bonchev–Trinajstić information content (AvgIpc) is 2.67. The third-order valence-corrected chi connectivity index (χ3v) is 5.22. The summed E-state index contributed by atoms with van der Waals surface area (Å²) in [7, 11) is 0. The van der Waals surface area contributed by atoms with E-state index < -0.39 is 0 Å². The van der Waals surface area contributed by atoms with E-state index in [9.17, 15) is 0 Å². The van der Waals surface area contributed by atoms with E-state index in [0.29, 0.717) is 5.92 Å². The van der Waals surface area contributed by atoms with Gasteiger partial charge in [-0.1, -0.05) is 0 Å². The zero-order valence-electron chi connectivity index (χ0n) is 10.0. The summed E-state index contributed by atoms with van der Waals surface area (Å²) >= 11 is 1.15. The van der Waals surface area contributed by atoms with Crippen molar-refractivity contribution in [1.82, 2.24) is 0 Å². The molecule has 0 aromatic heterocycles. The Bertz CT molecular complexity index is 557. The van der Waals surface area contributed by atoms with Gasteiger partial charge in [0.1, 0.15) is 0 Å². The molecule has 17 heavy (non-hydrogen) atoms. The molecule has 1 aliphatic rings. The first-order valence-electron chi connectivity index (χ1n) is 6.26. The Hall–Kier alpha value is -0.690. The van der Waals surface area contributed by atoms with Crippen molar-refractivity contribution < 1.29 is 24.4 Å². The quantitative estimate of drug-likeness (QED) is 0.690.